The standard InChI is InChI=1S/C14H17N3O4/c15-7-10-3-1-2-4-13(10)21-9-11(18)8-17-6-5-12(19)14(16)20/h1-4,11,17-18H,5-6,8-9H2,(H2,16,20). The van der Waals surface area contributed by atoms with Crippen molar-refractivity contribution in [1.29, 1.82) is 5.26 Å². The Morgan fingerprint density at radius 3 is 2.81 bits per heavy atom. The molecule has 1 unspecified atom stereocenters. The van der Waals surface area contributed by atoms with Crippen LogP contribution in [0.15, 0.2) is 24.3 Å². The molecular weight excluding hydrogens is 274 g/mol. The fourth-order valence-electron chi connectivity index (χ4n) is 1.52. The minimum absolute atomic E-state index is 0.00938. The Hall–Kier alpha value is -2.43. The van der Waals surface area contributed by atoms with Crippen molar-refractivity contribution in [3.8, 4) is 11.8 Å². The van der Waals surface area contributed by atoms with Crippen LogP contribution in [0.1, 0.15) is 12.0 Å². The Kier molecular flexibility index (Phi) is 6.87. The lowest BCUT2D eigenvalue weighted by Crippen LogP contribution is -2.34. The van der Waals surface area contributed by atoms with E-state index < -0.39 is 17.8 Å². The number of Topliss-reactive ketones (excluding diaryl/α,β-unsaturated/α-hetero) is 1. The van der Waals surface area contributed by atoms with Gasteiger partial charge < -0.3 is 20.9 Å². The van der Waals surface area contributed by atoms with Crippen LogP contribution in [-0.2, 0) is 9.59 Å². The highest BCUT2D eigenvalue weighted by Crippen LogP contribution is 2.16. The summed E-state index contributed by atoms with van der Waals surface area (Å²) < 4.78 is 5.35. The second-order valence-electron chi connectivity index (χ2n) is 4.31. The number of nitrogens with two attached hydrogens (primary N) is 1. The van der Waals surface area contributed by atoms with Gasteiger partial charge in [-0.1, -0.05) is 12.1 Å². The number of aliphatic hydroxyl groups excluding tert-OH is 1. The normalized spacial score (nSPS) is 11.4. The van der Waals surface area contributed by atoms with Crippen molar-refractivity contribution in [1.82, 2.24) is 5.32 Å². The maximum absolute atomic E-state index is 10.9. The first-order chi connectivity index (χ1) is 10.0. The van der Waals surface area contributed by atoms with Gasteiger partial charge >= 0.3 is 0 Å². The first-order valence-corrected chi connectivity index (χ1v) is 6.38. The summed E-state index contributed by atoms with van der Waals surface area (Å²) in [5.74, 6) is -1.21. The van der Waals surface area contributed by atoms with E-state index in [0.717, 1.165) is 0 Å². The lowest BCUT2D eigenvalue weighted by Gasteiger charge is -2.13. The molecule has 112 valence electrons. The highest BCUT2D eigenvalue weighted by atomic mass is 16.5. The van der Waals surface area contributed by atoms with E-state index in [2.05, 4.69) is 5.32 Å². The summed E-state index contributed by atoms with van der Waals surface area (Å²) in [5.41, 5.74) is 5.20. The van der Waals surface area contributed by atoms with Gasteiger partial charge in [0.1, 0.15) is 24.5 Å². The molecule has 0 aliphatic rings. The van der Waals surface area contributed by atoms with Crippen LogP contribution in [0.25, 0.3) is 0 Å². The molecule has 0 spiro atoms. The van der Waals surface area contributed by atoms with Crippen LogP contribution in [0.3, 0.4) is 0 Å². The average Bonchev–Trinajstić information content (AvgIpc) is 2.49. The fraction of sp³-hybridized carbons (Fsp3) is 0.357. The quantitative estimate of drug-likeness (QED) is 0.409. The fourth-order valence-corrected chi connectivity index (χ4v) is 1.52. The Morgan fingerprint density at radius 1 is 1.43 bits per heavy atom. The minimum Gasteiger partial charge on any atom is -0.489 e. The zero-order valence-corrected chi connectivity index (χ0v) is 11.4. The SMILES string of the molecule is N#Cc1ccccc1OCC(O)CNCCC(=O)C(N)=O. The van der Waals surface area contributed by atoms with Gasteiger partial charge in [-0.2, -0.15) is 5.26 Å². The molecule has 1 aromatic carbocycles. The summed E-state index contributed by atoms with van der Waals surface area (Å²) in [6.45, 7) is 0.448. The van der Waals surface area contributed by atoms with Gasteiger partial charge in [0.15, 0.2) is 0 Å². The molecule has 1 amide bonds. The topological polar surface area (TPSA) is 125 Å². The molecule has 0 aliphatic carbocycles. The summed E-state index contributed by atoms with van der Waals surface area (Å²) in [6.07, 6.45) is -0.819. The highest BCUT2D eigenvalue weighted by Gasteiger charge is 2.10. The summed E-state index contributed by atoms with van der Waals surface area (Å²) in [5, 5.41) is 21.4. The maximum atomic E-state index is 10.9. The molecule has 0 fully saturated rings. The van der Waals surface area contributed by atoms with E-state index in [-0.39, 0.29) is 26.1 Å². The van der Waals surface area contributed by atoms with Crippen molar-refractivity contribution in [2.24, 2.45) is 5.73 Å². The van der Waals surface area contributed by atoms with E-state index >= 15 is 0 Å². The smallest absolute Gasteiger partial charge is 0.284 e. The van der Waals surface area contributed by atoms with Gasteiger partial charge in [-0.15, -0.1) is 0 Å². The van der Waals surface area contributed by atoms with Crippen molar-refractivity contribution in [3.63, 3.8) is 0 Å². The number of para-hydroxylation sites is 1. The van der Waals surface area contributed by atoms with Crippen LogP contribution in [0.4, 0.5) is 0 Å². The molecule has 1 rings (SSSR count). The van der Waals surface area contributed by atoms with Gasteiger partial charge in [-0.05, 0) is 12.1 Å². The Balaban J connectivity index is 2.25. The Morgan fingerprint density at radius 2 is 2.14 bits per heavy atom. The number of carbonyl (C=O) groups is 2. The molecule has 1 aromatic rings. The van der Waals surface area contributed by atoms with Gasteiger partial charge in [0.05, 0.1) is 5.56 Å². The number of ketones is 1. The number of amides is 1. The average molecular weight is 291 g/mol. The van der Waals surface area contributed by atoms with Crippen molar-refractivity contribution in [2.45, 2.75) is 12.5 Å². The van der Waals surface area contributed by atoms with Crippen LogP contribution in [0.2, 0.25) is 0 Å². The monoisotopic (exact) mass is 291 g/mol. The molecule has 7 nitrogen and oxygen atoms in total. The predicted octanol–water partition coefficient (Wildman–Crippen LogP) is -0.668. The van der Waals surface area contributed by atoms with Gasteiger partial charge in [0, 0.05) is 19.5 Å². The van der Waals surface area contributed by atoms with Gasteiger partial charge in [-0.3, -0.25) is 9.59 Å². The number of carbonyl (C=O) groups excluding carboxylic acids is 2. The molecule has 0 saturated carbocycles. The lowest BCUT2D eigenvalue weighted by atomic mass is 10.2. The number of primary amides is 1. The van der Waals surface area contributed by atoms with E-state index in [1.54, 1.807) is 24.3 Å². The third-order valence-electron chi connectivity index (χ3n) is 2.62. The highest BCUT2D eigenvalue weighted by molar-refractivity contribution is 6.35. The first-order valence-electron chi connectivity index (χ1n) is 6.38. The number of nitriles is 1. The molecule has 1 atom stereocenters. The first kappa shape index (κ1) is 16.6. The van der Waals surface area contributed by atoms with Crippen LogP contribution in [0, 0.1) is 11.3 Å². The van der Waals surface area contributed by atoms with Gasteiger partial charge in [0.2, 0.25) is 5.78 Å². The van der Waals surface area contributed by atoms with Crippen molar-refractivity contribution in [2.75, 3.05) is 19.7 Å². The molecule has 0 heterocycles. The van der Waals surface area contributed by atoms with Crippen LogP contribution >= 0.6 is 0 Å². The molecule has 0 bridgehead atoms. The number of hydrogen-bond donors (Lipinski definition) is 3. The lowest BCUT2D eigenvalue weighted by molar-refractivity contribution is -0.135. The van der Waals surface area contributed by atoms with Crippen molar-refractivity contribution < 1.29 is 19.4 Å². The summed E-state index contributed by atoms with van der Waals surface area (Å²) in [4.78, 5) is 21.4. The number of benzene rings is 1. The molecule has 0 saturated heterocycles. The number of ether oxygens (including phenoxy) is 1. The minimum atomic E-state index is -0.964. The maximum Gasteiger partial charge on any atom is 0.284 e. The van der Waals surface area contributed by atoms with E-state index in [1.165, 1.54) is 0 Å². The molecule has 4 N–H and O–H groups in total. The van der Waals surface area contributed by atoms with E-state index in [9.17, 15) is 14.7 Å². The third-order valence-corrected chi connectivity index (χ3v) is 2.62. The van der Waals surface area contributed by atoms with E-state index in [1.807, 2.05) is 6.07 Å². The number of rotatable bonds is 9. The zero-order valence-electron chi connectivity index (χ0n) is 11.4. The van der Waals surface area contributed by atoms with Gasteiger partial charge in [-0.25, -0.2) is 0 Å². The number of aliphatic hydroxyl groups is 1. The molecular formula is C14H17N3O4. The van der Waals surface area contributed by atoms with Crippen molar-refractivity contribution >= 4 is 11.7 Å². The molecule has 0 radical (unpaired) electrons. The predicted molar refractivity (Wildman–Crippen MR) is 74.3 cm³/mol. The molecule has 7 heteroatoms. The summed E-state index contributed by atoms with van der Waals surface area (Å²) >= 11 is 0. The number of hydrogen-bond acceptors (Lipinski definition) is 6. The zero-order chi connectivity index (χ0) is 15.7. The second kappa shape index (κ2) is 8.68. The Labute approximate surface area is 122 Å². The molecule has 21 heavy (non-hydrogen) atoms. The van der Waals surface area contributed by atoms with E-state index in [4.69, 9.17) is 15.7 Å². The number of nitrogens with one attached hydrogen (secondary N) is 1. The van der Waals surface area contributed by atoms with Crippen molar-refractivity contribution in [3.05, 3.63) is 29.8 Å². The third kappa shape index (κ3) is 6.03. The van der Waals surface area contributed by atoms with Crippen LogP contribution < -0.4 is 15.8 Å². The largest absolute Gasteiger partial charge is 0.489 e. The molecule has 0 aromatic heterocycles. The van der Waals surface area contributed by atoms with Crippen LogP contribution in [-0.4, -0.2) is 42.6 Å². The van der Waals surface area contributed by atoms with E-state index in [0.29, 0.717) is 11.3 Å². The number of nitrogens with zero attached hydrogens (tertiary/aromatic N) is 1. The Bertz CT molecular complexity index is 539. The summed E-state index contributed by atoms with van der Waals surface area (Å²) in [6, 6.07) is 8.71. The van der Waals surface area contributed by atoms with Crippen LogP contribution in [0.5, 0.6) is 5.75 Å². The van der Waals surface area contributed by atoms with Gasteiger partial charge in [0.25, 0.3) is 5.91 Å². The second-order valence-corrected chi connectivity index (χ2v) is 4.31. The molecule has 0 aliphatic heterocycles. The summed E-state index contributed by atoms with van der Waals surface area (Å²) in [7, 11) is 0.